The molecule has 7 aliphatic rings. The topological polar surface area (TPSA) is 18.5 Å². The first-order valence-electron chi connectivity index (χ1n) is 39.1. The van der Waals surface area contributed by atoms with Gasteiger partial charge >= 0.3 is 7.12 Å². The van der Waals surface area contributed by atoms with E-state index >= 15 is 0 Å². The minimum absolute atomic E-state index is 0. The van der Waals surface area contributed by atoms with Gasteiger partial charge in [0.15, 0.2) is 0 Å². The van der Waals surface area contributed by atoms with E-state index in [-0.39, 0.29) is 15.8 Å². The first kappa shape index (κ1) is 70.4. The molecular formula is C107H80B2BrO2S2-. The first-order chi connectivity index (χ1) is 54.9. The number of halogens is 1. The van der Waals surface area contributed by atoms with E-state index in [4.69, 9.17) is 9.31 Å². The number of thiophene rings is 2. The lowest BCUT2D eigenvalue weighted by Gasteiger charge is -2.48. The maximum Gasteiger partial charge on any atom is 0.494 e. The normalized spacial score (nSPS) is 19.3. The zero-order valence-electron chi connectivity index (χ0n) is 62.2. The van der Waals surface area contributed by atoms with Crippen LogP contribution in [0.15, 0.2) is 368 Å². The molecule has 4 unspecified atom stereocenters. The van der Waals surface area contributed by atoms with E-state index in [1.54, 1.807) is 0 Å². The quantitative estimate of drug-likeness (QED) is 0.164. The highest BCUT2D eigenvalue weighted by Gasteiger charge is 2.63. The van der Waals surface area contributed by atoms with Crippen molar-refractivity contribution in [1.82, 2.24) is 0 Å². The summed E-state index contributed by atoms with van der Waals surface area (Å²) in [5, 5.41) is 5.37. The molecule has 0 bridgehead atoms. The SMILES string of the molecule is Brc1ccc2sc3ccccc3c2c1.C.CC1(C)OB(c2ccc3c(c2)C2(c4ccccc4-3)c3ccccc3C3(c4ccccc4)c4ccccc4-c4cccc2c43)OC1(C)C.[BH4-].c1ccc(C23c4ccccc4-c4cccc(c42)C2(c4ccccc4-c4ccc(-c5ccc6sc7ccccc7c6c5)cc42)c2ccccc23)cc1. The lowest BCUT2D eigenvalue weighted by molar-refractivity contribution is 0.00578. The fourth-order valence-corrected chi connectivity index (χ4v) is 23.9. The smallest absolute Gasteiger partial charge is 0.399 e. The Hall–Kier alpha value is -11.5. The van der Waals surface area contributed by atoms with E-state index in [9.17, 15) is 0 Å². The molecule has 2 aromatic heterocycles. The predicted molar refractivity (Wildman–Crippen MR) is 488 cm³/mol. The molecule has 0 N–H and O–H groups in total. The summed E-state index contributed by atoms with van der Waals surface area (Å²) in [4.78, 5) is 0. The van der Waals surface area contributed by atoms with Gasteiger partial charge in [0.05, 0.1) is 32.9 Å². The lowest BCUT2D eigenvalue weighted by atomic mass is 9.52. The zero-order valence-corrected chi connectivity index (χ0v) is 65.4. The summed E-state index contributed by atoms with van der Waals surface area (Å²) in [5.41, 5.74) is 33.1. The Bertz CT molecular complexity index is 7020. The highest BCUT2D eigenvalue weighted by atomic mass is 79.9. The Labute approximate surface area is 684 Å². The molecule has 0 saturated carbocycles. The van der Waals surface area contributed by atoms with Gasteiger partial charge in [-0.05, 0) is 226 Å². The van der Waals surface area contributed by atoms with Crippen LogP contribution in [0.25, 0.3) is 96.0 Å². The van der Waals surface area contributed by atoms with Crippen molar-refractivity contribution in [2.24, 2.45) is 0 Å². The van der Waals surface area contributed by atoms with Crippen molar-refractivity contribution in [3.05, 3.63) is 457 Å². The molecule has 6 aliphatic carbocycles. The van der Waals surface area contributed by atoms with Crippen LogP contribution in [-0.4, -0.2) is 26.7 Å². The second-order valence-corrected chi connectivity index (χ2v) is 35.2. The highest BCUT2D eigenvalue weighted by Crippen LogP contribution is 2.71. The third-order valence-electron chi connectivity index (χ3n) is 26.5. The van der Waals surface area contributed by atoms with E-state index in [2.05, 4.69) is 408 Å². The molecular weight excluding hydrogens is 1480 g/mol. The molecule has 546 valence electrons. The summed E-state index contributed by atoms with van der Waals surface area (Å²) < 4.78 is 19.8. The van der Waals surface area contributed by atoms with Gasteiger partial charge in [0.25, 0.3) is 0 Å². The van der Waals surface area contributed by atoms with Crippen LogP contribution in [-0.2, 0) is 31.0 Å². The van der Waals surface area contributed by atoms with Crippen LogP contribution in [0.2, 0.25) is 0 Å². The Balaban J connectivity index is 0.000000121. The van der Waals surface area contributed by atoms with Crippen molar-refractivity contribution in [1.29, 1.82) is 0 Å². The highest BCUT2D eigenvalue weighted by molar-refractivity contribution is 9.10. The minimum Gasteiger partial charge on any atom is -0.399 e. The molecule has 25 rings (SSSR count). The molecule has 18 aromatic rings. The summed E-state index contributed by atoms with van der Waals surface area (Å²) in [6.07, 6.45) is 0. The summed E-state index contributed by atoms with van der Waals surface area (Å²) in [6, 6.07) is 137. The zero-order chi connectivity index (χ0) is 74.6. The largest absolute Gasteiger partial charge is 0.494 e. The molecule has 2 nitrogen and oxygen atoms in total. The second-order valence-electron chi connectivity index (χ2n) is 32.2. The number of fused-ring (bicyclic) bond motifs is 30. The average Bonchev–Trinajstić information content (AvgIpc) is 1.46. The molecule has 16 aromatic carbocycles. The van der Waals surface area contributed by atoms with Gasteiger partial charge in [-0.1, -0.05) is 347 Å². The molecule has 7 heteroatoms. The average molecular weight is 1560 g/mol. The van der Waals surface area contributed by atoms with Crippen LogP contribution in [0.3, 0.4) is 0 Å². The van der Waals surface area contributed by atoms with Gasteiger partial charge in [-0.15, -0.1) is 22.7 Å². The van der Waals surface area contributed by atoms with Crippen molar-refractivity contribution in [3.8, 4) is 55.6 Å². The molecule has 1 saturated heterocycles. The summed E-state index contributed by atoms with van der Waals surface area (Å²) in [6.45, 7) is 8.51. The molecule has 1 fully saturated rings. The fourth-order valence-electron chi connectivity index (χ4n) is 21.4. The van der Waals surface area contributed by atoms with Crippen LogP contribution in [0.5, 0.6) is 0 Å². The van der Waals surface area contributed by atoms with E-state index in [0.29, 0.717) is 0 Å². The molecule has 1 aliphatic heterocycles. The van der Waals surface area contributed by atoms with E-state index in [1.165, 1.54) is 185 Å². The van der Waals surface area contributed by atoms with Crippen LogP contribution >= 0.6 is 38.6 Å². The van der Waals surface area contributed by atoms with Gasteiger partial charge in [-0.2, -0.15) is 0 Å². The number of hydrogen-bond donors (Lipinski definition) is 0. The van der Waals surface area contributed by atoms with Crippen LogP contribution in [0.4, 0.5) is 0 Å². The fraction of sp³-hybridized carbons (Fsp3) is 0.103. The van der Waals surface area contributed by atoms with Gasteiger partial charge in [0, 0.05) is 44.8 Å². The van der Waals surface area contributed by atoms with Crippen LogP contribution in [0, 0.1) is 0 Å². The van der Waals surface area contributed by atoms with Crippen molar-refractivity contribution in [3.63, 3.8) is 0 Å². The molecule has 3 heterocycles. The molecule has 2 spiro atoms. The van der Waals surface area contributed by atoms with Gasteiger partial charge in [0.1, 0.15) is 0 Å². The number of hydrogen-bond acceptors (Lipinski definition) is 4. The Morgan fingerprint density at radius 1 is 0.254 bits per heavy atom. The maximum atomic E-state index is 6.64. The summed E-state index contributed by atoms with van der Waals surface area (Å²) in [5.74, 6) is 0. The van der Waals surface area contributed by atoms with Gasteiger partial charge in [0.2, 0.25) is 0 Å². The van der Waals surface area contributed by atoms with Crippen molar-refractivity contribution in [2.45, 2.75) is 68.0 Å². The van der Waals surface area contributed by atoms with Crippen molar-refractivity contribution in [2.75, 3.05) is 0 Å². The lowest BCUT2D eigenvalue weighted by Crippen LogP contribution is -2.44. The van der Waals surface area contributed by atoms with E-state index < -0.39 is 40.0 Å². The third kappa shape index (κ3) is 9.27. The Morgan fingerprint density at radius 2 is 0.579 bits per heavy atom. The van der Waals surface area contributed by atoms with Crippen LogP contribution < -0.4 is 5.46 Å². The summed E-state index contributed by atoms with van der Waals surface area (Å²) >= 11 is 7.24. The molecule has 114 heavy (non-hydrogen) atoms. The third-order valence-corrected chi connectivity index (χ3v) is 29.3. The Morgan fingerprint density at radius 3 is 1.06 bits per heavy atom. The van der Waals surface area contributed by atoms with E-state index in [1.807, 2.05) is 22.7 Å². The summed E-state index contributed by atoms with van der Waals surface area (Å²) in [7, 11) is -0.445. The van der Waals surface area contributed by atoms with Crippen molar-refractivity contribution < 1.29 is 9.31 Å². The van der Waals surface area contributed by atoms with Gasteiger partial charge in [-0.3, -0.25) is 0 Å². The van der Waals surface area contributed by atoms with E-state index in [0.717, 1.165) is 9.94 Å². The first-order valence-corrected chi connectivity index (χ1v) is 41.5. The van der Waals surface area contributed by atoms with Gasteiger partial charge < -0.3 is 9.31 Å². The van der Waals surface area contributed by atoms with Gasteiger partial charge in [-0.25, -0.2) is 0 Å². The molecule has 4 atom stereocenters. The standard InChI is InChI=1S/C50H30S.C44H35BO2.C12H7BrS.CH4.BH4/c1-2-13-33(14-3-1)49-40-19-7-5-16-35(40)38-18-12-23-44(48(38)49)50(43-22-10-9-21-42(43)49)41-20-8-4-15-34(41)36-27-25-32(30-45(36)50)31-26-28-47-39(29-31)37-17-6-11-24-46(37)51-47;1-41(2)42(3,4)47-45(46-41)29-25-26-32-30-17-8-11-21-35(30)44(39(32)27-29)37-23-13-12-22-36(37)43(28-15-6-5-7-16-28)34-20-10-9-18-31(34)33-19-14-24-38(44)40(33)43;13-8-5-6-12-10(7-8)9-3-1-2-4-11(9)14-12;;/h1-30H;5-27H,1-4H3;1-7H;2*1H4/q;;;;-1. The molecule has 0 amide bonds. The van der Waals surface area contributed by atoms with Crippen molar-refractivity contribution >= 4 is 99.9 Å². The Kier molecular flexibility index (Phi) is 15.9. The maximum absolute atomic E-state index is 6.64. The van der Waals surface area contributed by atoms with Crippen LogP contribution in [0.1, 0.15) is 124 Å². The monoisotopic (exact) mass is 1560 g/mol. The molecule has 0 radical (unpaired) electrons. The second kappa shape index (κ2) is 25.8. The predicted octanol–water partition coefficient (Wildman–Crippen LogP) is 25.8. The number of benzene rings is 16. The number of rotatable bonds is 4. The minimum atomic E-state index is -0.520.